The normalized spacial score (nSPS) is 19.0. The van der Waals surface area contributed by atoms with Gasteiger partial charge in [0.2, 0.25) is 11.8 Å². The highest BCUT2D eigenvalue weighted by Crippen LogP contribution is 2.42. The fourth-order valence-electron chi connectivity index (χ4n) is 5.59. The molecule has 2 aromatic heterocycles. The van der Waals surface area contributed by atoms with Crippen LogP contribution in [-0.2, 0) is 25.4 Å². The van der Waals surface area contributed by atoms with Crippen LogP contribution in [-0.4, -0.2) is 51.4 Å². The quantitative estimate of drug-likeness (QED) is 0.116. The second kappa shape index (κ2) is 14.3. The highest BCUT2D eigenvalue weighted by atomic mass is 31.2. The molecule has 3 N–H and O–H groups in total. The summed E-state index contributed by atoms with van der Waals surface area (Å²) in [6.07, 6.45) is -0.101. The smallest absolute Gasteiger partial charge is 0.323 e. The number of fused-ring (bicyclic) bond motifs is 2. The number of esters is 1. The number of nitrogen functional groups attached to an aromatic ring is 1. The summed E-state index contributed by atoms with van der Waals surface area (Å²) in [5.74, 6) is -0.566. The third-order valence-electron chi connectivity index (χ3n) is 7.95. The Labute approximate surface area is 276 Å². The van der Waals surface area contributed by atoms with Crippen LogP contribution in [0.2, 0.25) is 0 Å². The summed E-state index contributed by atoms with van der Waals surface area (Å²) in [5, 5.41) is 4.93. The number of imidazole rings is 1. The predicted molar refractivity (Wildman–Crippen MR) is 175 cm³/mol. The molecule has 0 bridgehead atoms. The monoisotopic (exact) mass is 680 g/mol. The molecule has 1 fully saturated rings. The number of halogens is 2. The Hall–Kier alpha value is -4.49. The Morgan fingerprint density at radius 3 is 2.73 bits per heavy atom. The fourth-order valence-corrected chi connectivity index (χ4v) is 6.83. The third-order valence-corrected chi connectivity index (χ3v) is 9.29. The summed E-state index contributed by atoms with van der Waals surface area (Å²) in [7, 11) is -0.424. The number of nitrogens with zero attached hydrogens (tertiary/aromatic N) is 4. The molecule has 15 heteroatoms. The number of aromatic nitrogens is 4. The van der Waals surface area contributed by atoms with Gasteiger partial charge in [-0.1, -0.05) is 43.3 Å². The SMILES string of the molecule is COc1nc(N)nc2c1nc(C)n2C1OC(COP(NC(C)C(=O)OCc2ccc(F)cc2F)Oc2cccc3ccccc23)CC1C. The van der Waals surface area contributed by atoms with Crippen molar-refractivity contribution in [2.45, 2.75) is 52.2 Å². The van der Waals surface area contributed by atoms with Gasteiger partial charge in [-0.15, -0.1) is 0 Å². The van der Waals surface area contributed by atoms with Crippen LogP contribution in [0, 0.1) is 24.5 Å². The number of carbonyl (C=O) groups excluding carboxylic acids is 1. The molecule has 48 heavy (non-hydrogen) atoms. The van der Waals surface area contributed by atoms with Crippen LogP contribution in [0.15, 0.2) is 60.7 Å². The van der Waals surface area contributed by atoms with Gasteiger partial charge in [0.1, 0.15) is 42.1 Å². The van der Waals surface area contributed by atoms with E-state index in [9.17, 15) is 13.6 Å². The van der Waals surface area contributed by atoms with E-state index in [4.69, 9.17) is 29.0 Å². The van der Waals surface area contributed by atoms with Gasteiger partial charge >= 0.3 is 14.5 Å². The molecule has 1 aliphatic rings. The lowest BCUT2D eigenvalue weighted by molar-refractivity contribution is -0.146. The lowest BCUT2D eigenvalue weighted by Gasteiger charge is -2.24. The first-order valence-electron chi connectivity index (χ1n) is 15.3. The van der Waals surface area contributed by atoms with Gasteiger partial charge in [0.05, 0.1) is 19.8 Å². The second-order valence-electron chi connectivity index (χ2n) is 11.5. The number of nitrogens with one attached hydrogen (secondary N) is 1. The zero-order valence-corrected chi connectivity index (χ0v) is 27.6. The van der Waals surface area contributed by atoms with E-state index in [2.05, 4.69) is 27.0 Å². The molecule has 5 aromatic rings. The number of hydrogen-bond acceptors (Lipinski definition) is 11. The zero-order valence-electron chi connectivity index (χ0n) is 26.7. The standard InChI is InChI=1S/C33H35F2N6O6P/c1-18-14-24(46-31(18)41-20(3)37-28-29(41)38-33(36)39-30(28)43-4)17-45-48(47-27-11-7-9-21-8-5-6-10-25(21)27)40-19(2)32(42)44-16-22-12-13-23(34)15-26(22)35/h5-13,15,18-19,24,31,40H,14,16-17H2,1-4H3,(H2,36,38,39). The van der Waals surface area contributed by atoms with Gasteiger partial charge < -0.3 is 29.0 Å². The van der Waals surface area contributed by atoms with Crippen molar-refractivity contribution in [2.75, 3.05) is 19.5 Å². The molecule has 0 radical (unpaired) electrons. The molecule has 5 unspecified atom stereocenters. The molecule has 0 saturated carbocycles. The van der Waals surface area contributed by atoms with E-state index < -0.39 is 38.4 Å². The Kier molecular flexibility index (Phi) is 9.97. The van der Waals surface area contributed by atoms with Gasteiger partial charge in [-0.25, -0.2) is 18.9 Å². The number of aryl methyl sites for hydroxylation is 1. The van der Waals surface area contributed by atoms with E-state index in [0.29, 0.717) is 29.2 Å². The van der Waals surface area contributed by atoms with E-state index in [1.54, 1.807) is 6.92 Å². The Morgan fingerprint density at radius 2 is 1.94 bits per heavy atom. The molecule has 12 nitrogen and oxygen atoms in total. The second-order valence-corrected chi connectivity index (χ2v) is 12.7. The van der Waals surface area contributed by atoms with Gasteiger partial charge in [0.15, 0.2) is 11.2 Å². The first-order valence-corrected chi connectivity index (χ1v) is 16.5. The van der Waals surface area contributed by atoms with Gasteiger partial charge in [0, 0.05) is 22.9 Å². The van der Waals surface area contributed by atoms with Gasteiger partial charge in [-0.05, 0) is 43.9 Å². The highest BCUT2D eigenvalue weighted by molar-refractivity contribution is 7.45. The summed E-state index contributed by atoms with van der Waals surface area (Å²) in [5.41, 5.74) is 7.00. The van der Waals surface area contributed by atoms with Crippen molar-refractivity contribution < 1.29 is 36.8 Å². The zero-order chi connectivity index (χ0) is 33.9. The summed E-state index contributed by atoms with van der Waals surface area (Å²) in [6, 6.07) is 15.6. The molecule has 1 saturated heterocycles. The van der Waals surface area contributed by atoms with E-state index in [0.717, 1.165) is 22.9 Å². The van der Waals surface area contributed by atoms with Crippen molar-refractivity contribution in [1.82, 2.24) is 24.6 Å². The topological polar surface area (TPSA) is 145 Å². The number of ether oxygens (including phenoxy) is 3. The molecule has 0 spiro atoms. The Balaban J connectivity index is 1.17. The number of nitrogens with two attached hydrogens (primary N) is 1. The molecule has 6 rings (SSSR count). The third kappa shape index (κ3) is 7.16. The van der Waals surface area contributed by atoms with Crippen molar-refractivity contribution in [2.24, 2.45) is 5.92 Å². The maximum atomic E-state index is 14.1. The number of methoxy groups -OCH3 is 1. The van der Waals surface area contributed by atoms with Gasteiger partial charge in [-0.3, -0.25) is 9.36 Å². The largest absolute Gasteiger partial charge is 0.479 e. The van der Waals surface area contributed by atoms with Crippen molar-refractivity contribution in [3.05, 3.63) is 83.7 Å². The van der Waals surface area contributed by atoms with Crippen LogP contribution in [0.5, 0.6) is 11.6 Å². The molecule has 252 valence electrons. The first kappa shape index (κ1) is 33.4. The van der Waals surface area contributed by atoms with Crippen LogP contribution in [0.4, 0.5) is 14.7 Å². The van der Waals surface area contributed by atoms with Crippen LogP contribution in [0.3, 0.4) is 0 Å². The number of benzene rings is 3. The maximum absolute atomic E-state index is 14.1. The molecule has 3 heterocycles. The molecule has 5 atom stereocenters. The number of hydrogen-bond donors (Lipinski definition) is 2. The Bertz CT molecular complexity index is 1940. The van der Waals surface area contributed by atoms with E-state index in [-0.39, 0.29) is 42.6 Å². The van der Waals surface area contributed by atoms with Gasteiger partial charge in [-0.2, -0.15) is 9.97 Å². The summed E-state index contributed by atoms with van der Waals surface area (Å²) in [6.45, 7) is 5.28. The van der Waals surface area contributed by atoms with Gasteiger partial charge in [0.25, 0.3) is 0 Å². The molecular weight excluding hydrogens is 645 g/mol. The molecule has 0 aliphatic carbocycles. The van der Waals surface area contributed by atoms with E-state index >= 15 is 0 Å². The number of rotatable bonds is 12. The molecule has 0 amide bonds. The van der Waals surface area contributed by atoms with Crippen LogP contribution >= 0.6 is 8.53 Å². The lowest BCUT2D eigenvalue weighted by atomic mass is 10.1. The van der Waals surface area contributed by atoms with E-state index in [1.807, 2.05) is 54.0 Å². The summed E-state index contributed by atoms with van der Waals surface area (Å²) < 4.78 is 59.1. The van der Waals surface area contributed by atoms with Crippen molar-refractivity contribution in [1.29, 1.82) is 0 Å². The van der Waals surface area contributed by atoms with Crippen molar-refractivity contribution in [3.8, 4) is 11.6 Å². The predicted octanol–water partition coefficient (Wildman–Crippen LogP) is 6.12. The molecular formula is C33H35F2N6O6P. The number of carbonyl (C=O) groups is 1. The van der Waals surface area contributed by atoms with Crippen LogP contribution in [0.1, 0.15) is 37.9 Å². The first-order chi connectivity index (χ1) is 23.1. The highest BCUT2D eigenvalue weighted by Gasteiger charge is 2.37. The minimum Gasteiger partial charge on any atom is -0.479 e. The maximum Gasteiger partial charge on any atom is 0.323 e. The Morgan fingerprint density at radius 1 is 1.15 bits per heavy atom. The van der Waals surface area contributed by atoms with Crippen LogP contribution < -0.4 is 20.1 Å². The molecule has 1 aliphatic heterocycles. The average molecular weight is 681 g/mol. The van der Waals surface area contributed by atoms with Crippen molar-refractivity contribution >= 4 is 42.4 Å². The minimum absolute atomic E-state index is 0.0517. The lowest BCUT2D eigenvalue weighted by Crippen LogP contribution is -2.34. The summed E-state index contributed by atoms with van der Waals surface area (Å²) in [4.78, 5) is 26.1. The average Bonchev–Trinajstić information content (AvgIpc) is 3.59. The van der Waals surface area contributed by atoms with Crippen molar-refractivity contribution in [3.63, 3.8) is 0 Å². The van der Waals surface area contributed by atoms with Crippen LogP contribution in [0.25, 0.3) is 21.9 Å². The summed E-state index contributed by atoms with van der Waals surface area (Å²) >= 11 is 0. The molecule has 3 aromatic carbocycles. The number of anilines is 1. The fraction of sp³-hybridized carbons (Fsp3) is 0.333. The minimum atomic E-state index is -1.92. The van der Waals surface area contributed by atoms with E-state index in [1.165, 1.54) is 13.2 Å².